The van der Waals surface area contributed by atoms with Gasteiger partial charge in [0.2, 0.25) is 0 Å². The van der Waals surface area contributed by atoms with Crippen molar-refractivity contribution < 1.29 is 4.39 Å². The molecule has 0 unspecified atom stereocenters. The van der Waals surface area contributed by atoms with Crippen LogP contribution in [0.5, 0.6) is 0 Å². The lowest BCUT2D eigenvalue weighted by Crippen LogP contribution is -2.16. The SMILES string of the molecule is C[Si](C)(C)C#Cc1cnn(-c2ccc(F)cc2)c1Cl. The lowest BCUT2D eigenvalue weighted by molar-refractivity contribution is 0.627. The first-order chi connectivity index (χ1) is 8.87. The summed E-state index contributed by atoms with van der Waals surface area (Å²) in [5.74, 6) is 2.79. The summed E-state index contributed by atoms with van der Waals surface area (Å²) in [4.78, 5) is 0. The fraction of sp³-hybridized carbons (Fsp3) is 0.214. The fourth-order valence-corrected chi connectivity index (χ4v) is 2.18. The Morgan fingerprint density at radius 2 is 1.84 bits per heavy atom. The molecule has 0 fully saturated rings. The average molecular weight is 293 g/mol. The summed E-state index contributed by atoms with van der Waals surface area (Å²) in [7, 11) is -1.45. The minimum absolute atomic E-state index is 0.286. The van der Waals surface area contributed by atoms with E-state index in [1.165, 1.54) is 12.1 Å². The van der Waals surface area contributed by atoms with Crippen LogP contribution >= 0.6 is 11.6 Å². The molecule has 5 heteroatoms. The van der Waals surface area contributed by atoms with Crippen molar-refractivity contribution in [2.75, 3.05) is 0 Å². The summed E-state index contributed by atoms with van der Waals surface area (Å²) in [6.45, 7) is 6.49. The summed E-state index contributed by atoms with van der Waals surface area (Å²) in [6.07, 6.45) is 1.64. The van der Waals surface area contributed by atoms with Gasteiger partial charge in [-0.25, -0.2) is 9.07 Å². The molecule has 0 N–H and O–H groups in total. The van der Waals surface area contributed by atoms with Crippen molar-refractivity contribution in [3.8, 4) is 17.2 Å². The smallest absolute Gasteiger partial charge is 0.148 e. The molecular formula is C14H14ClFN2Si. The van der Waals surface area contributed by atoms with Crippen molar-refractivity contribution in [3.63, 3.8) is 0 Å². The van der Waals surface area contributed by atoms with Crippen LogP contribution in [0.3, 0.4) is 0 Å². The first kappa shape index (κ1) is 13.8. The van der Waals surface area contributed by atoms with Gasteiger partial charge in [0.15, 0.2) is 0 Å². The van der Waals surface area contributed by atoms with Gasteiger partial charge in [0, 0.05) is 0 Å². The average Bonchev–Trinajstić information content (AvgIpc) is 2.68. The Kier molecular flexibility index (Phi) is 3.79. The van der Waals surface area contributed by atoms with Crippen LogP contribution in [-0.4, -0.2) is 17.9 Å². The van der Waals surface area contributed by atoms with Crippen LogP contribution < -0.4 is 0 Å². The fourth-order valence-electron chi connectivity index (χ4n) is 1.43. The highest BCUT2D eigenvalue weighted by atomic mass is 35.5. The number of hydrogen-bond donors (Lipinski definition) is 0. The van der Waals surface area contributed by atoms with Gasteiger partial charge >= 0.3 is 0 Å². The summed E-state index contributed by atoms with van der Waals surface area (Å²) in [5, 5.41) is 4.65. The molecule has 0 spiro atoms. The zero-order chi connectivity index (χ0) is 14.0. The summed E-state index contributed by atoms with van der Waals surface area (Å²) < 4.78 is 14.4. The Labute approximate surface area is 118 Å². The van der Waals surface area contributed by atoms with Crippen LogP contribution in [0.25, 0.3) is 5.69 Å². The standard InChI is InChI=1S/C14H14ClFN2Si/c1-19(2,3)9-8-11-10-17-18(14(11)15)13-6-4-12(16)5-7-13/h4-7,10H,1-3H3. The number of aromatic nitrogens is 2. The second-order valence-corrected chi connectivity index (χ2v) is 10.3. The van der Waals surface area contributed by atoms with Crippen LogP contribution in [0, 0.1) is 17.3 Å². The molecule has 19 heavy (non-hydrogen) atoms. The second kappa shape index (κ2) is 5.20. The maximum atomic E-state index is 12.9. The zero-order valence-electron chi connectivity index (χ0n) is 11.0. The van der Waals surface area contributed by atoms with Crippen molar-refractivity contribution in [2.24, 2.45) is 0 Å². The van der Waals surface area contributed by atoms with Gasteiger partial charge in [0.25, 0.3) is 0 Å². The first-order valence-electron chi connectivity index (χ1n) is 5.89. The van der Waals surface area contributed by atoms with Crippen molar-refractivity contribution in [1.82, 2.24) is 9.78 Å². The lowest BCUT2D eigenvalue weighted by Gasteiger charge is -2.03. The van der Waals surface area contributed by atoms with E-state index in [2.05, 4.69) is 36.2 Å². The van der Waals surface area contributed by atoms with Gasteiger partial charge in [0.05, 0.1) is 17.4 Å². The monoisotopic (exact) mass is 292 g/mol. The normalized spacial score (nSPS) is 11.0. The number of halogens is 2. The van der Waals surface area contributed by atoms with E-state index in [4.69, 9.17) is 11.6 Å². The van der Waals surface area contributed by atoms with E-state index in [0.29, 0.717) is 16.4 Å². The van der Waals surface area contributed by atoms with Crippen LogP contribution in [0.4, 0.5) is 4.39 Å². The highest BCUT2D eigenvalue weighted by molar-refractivity contribution is 6.83. The molecule has 0 radical (unpaired) electrons. The van der Waals surface area contributed by atoms with E-state index >= 15 is 0 Å². The molecule has 2 nitrogen and oxygen atoms in total. The Balaban J connectivity index is 2.37. The zero-order valence-corrected chi connectivity index (χ0v) is 12.8. The minimum Gasteiger partial charge on any atom is -0.221 e. The summed E-state index contributed by atoms with van der Waals surface area (Å²) >= 11 is 6.25. The molecule has 0 amide bonds. The third-order valence-electron chi connectivity index (χ3n) is 2.35. The lowest BCUT2D eigenvalue weighted by atomic mass is 10.3. The molecule has 0 aliphatic heterocycles. The van der Waals surface area contributed by atoms with E-state index in [-0.39, 0.29) is 5.82 Å². The highest BCUT2D eigenvalue weighted by Gasteiger charge is 2.11. The van der Waals surface area contributed by atoms with Crippen LogP contribution in [0.2, 0.25) is 24.8 Å². The molecular weight excluding hydrogens is 279 g/mol. The quantitative estimate of drug-likeness (QED) is 0.576. The third kappa shape index (κ3) is 3.46. The van der Waals surface area contributed by atoms with Gasteiger partial charge in [0.1, 0.15) is 19.0 Å². The van der Waals surface area contributed by atoms with Gasteiger partial charge in [-0.2, -0.15) is 5.10 Å². The third-order valence-corrected chi connectivity index (χ3v) is 3.59. The molecule has 0 saturated carbocycles. The molecule has 0 bridgehead atoms. The van der Waals surface area contributed by atoms with Gasteiger partial charge in [-0.1, -0.05) is 37.2 Å². The topological polar surface area (TPSA) is 17.8 Å². The summed E-state index contributed by atoms with van der Waals surface area (Å²) in [5.41, 5.74) is 4.66. The Morgan fingerprint density at radius 1 is 1.21 bits per heavy atom. The maximum absolute atomic E-state index is 12.9. The van der Waals surface area contributed by atoms with E-state index in [9.17, 15) is 4.39 Å². The maximum Gasteiger partial charge on any atom is 0.148 e. The van der Waals surface area contributed by atoms with Gasteiger partial charge in [-0.3, -0.25) is 0 Å². The van der Waals surface area contributed by atoms with E-state index in [1.807, 2.05) is 0 Å². The molecule has 1 aromatic carbocycles. The van der Waals surface area contributed by atoms with E-state index < -0.39 is 8.07 Å². The van der Waals surface area contributed by atoms with Crippen molar-refractivity contribution in [3.05, 3.63) is 47.0 Å². The molecule has 1 aromatic heterocycles. The molecule has 0 aliphatic carbocycles. The molecule has 0 saturated heterocycles. The Morgan fingerprint density at radius 3 is 2.42 bits per heavy atom. The molecule has 1 heterocycles. The molecule has 98 valence electrons. The van der Waals surface area contributed by atoms with Gasteiger partial charge < -0.3 is 0 Å². The largest absolute Gasteiger partial charge is 0.221 e. The number of rotatable bonds is 1. The Hall–Kier alpha value is -1.57. The van der Waals surface area contributed by atoms with Crippen molar-refractivity contribution >= 4 is 19.7 Å². The second-order valence-electron chi connectivity index (χ2n) is 5.24. The molecule has 0 atom stereocenters. The van der Waals surface area contributed by atoms with Crippen LogP contribution in [-0.2, 0) is 0 Å². The number of hydrogen-bond acceptors (Lipinski definition) is 1. The van der Waals surface area contributed by atoms with Crippen LogP contribution in [0.1, 0.15) is 5.56 Å². The predicted octanol–water partition coefficient (Wildman–Crippen LogP) is 3.89. The van der Waals surface area contributed by atoms with Gasteiger partial charge in [-0.05, 0) is 24.3 Å². The van der Waals surface area contributed by atoms with E-state index in [1.54, 1.807) is 23.0 Å². The molecule has 2 aromatic rings. The number of benzene rings is 1. The van der Waals surface area contributed by atoms with Crippen molar-refractivity contribution in [1.29, 1.82) is 0 Å². The number of nitrogens with zero attached hydrogens (tertiary/aromatic N) is 2. The Bertz CT molecular complexity index is 645. The first-order valence-corrected chi connectivity index (χ1v) is 9.77. The van der Waals surface area contributed by atoms with Crippen LogP contribution in [0.15, 0.2) is 30.5 Å². The molecule has 0 aliphatic rings. The molecule has 2 rings (SSSR count). The summed E-state index contributed by atoms with van der Waals surface area (Å²) in [6, 6.07) is 6.01. The van der Waals surface area contributed by atoms with Crippen molar-refractivity contribution in [2.45, 2.75) is 19.6 Å². The minimum atomic E-state index is -1.45. The highest BCUT2D eigenvalue weighted by Crippen LogP contribution is 2.19. The van der Waals surface area contributed by atoms with E-state index in [0.717, 1.165) is 0 Å². The predicted molar refractivity (Wildman–Crippen MR) is 78.8 cm³/mol. The van der Waals surface area contributed by atoms with Gasteiger partial charge in [-0.15, -0.1) is 5.54 Å².